The Kier molecular flexibility index (Phi) is 2.76. The van der Waals surface area contributed by atoms with Gasteiger partial charge in [-0.3, -0.25) is 0 Å². The first kappa shape index (κ1) is 11.8. The van der Waals surface area contributed by atoms with E-state index in [4.69, 9.17) is 11.6 Å². The van der Waals surface area contributed by atoms with Gasteiger partial charge in [0.2, 0.25) is 0 Å². The van der Waals surface area contributed by atoms with Crippen molar-refractivity contribution >= 4 is 28.5 Å². The summed E-state index contributed by atoms with van der Waals surface area (Å²) in [5, 5.41) is 10.8. The molecule has 19 heavy (non-hydrogen) atoms. The summed E-state index contributed by atoms with van der Waals surface area (Å²) in [4.78, 5) is 11.3. The topological polar surface area (TPSA) is 42.2 Å². The molecule has 1 N–H and O–H groups in total. The van der Waals surface area contributed by atoms with E-state index in [0.29, 0.717) is 10.5 Å². The van der Waals surface area contributed by atoms with Crippen LogP contribution in [0.15, 0.2) is 54.7 Å². The molecule has 0 saturated heterocycles. The number of carbonyl (C=O) groups is 1. The normalized spacial score (nSPS) is 10.8. The lowest BCUT2D eigenvalue weighted by molar-refractivity contribution is 0.0698. The van der Waals surface area contributed by atoms with Crippen molar-refractivity contribution in [1.82, 2.24) is 4.57 Å². The van der Waals surface area contributed by atoms with Crippen molar-refractivity contribution in [3.8, 4) is 5.69 Å². The highest BCUT2D eigenvalue weighted by atomic mass is 35.5. The molecule has 0 unspecified atom stereocenters. The predicted octanol–water partition coefficient (Wildman–Crippen LogP) is 3.98. The minimum Gasteiger partial charge on any atom is -0.478 e. The summed E-state index contributed by atoms with van der Waals surface area (Å²) >= 11 is 5.99. The fourth-order valence-electron chi connectivity index (χ4n) is 2.21. The van der Waals surface area contributed by atoms with Gasteiger partial charge in [0.1, 0.15) is 0 Å². The van der Waals surface area contributed by atoms with E-state index in [0.717, 1.165) is 11.1 Å². The average molecular weight is 272 g/mol. The molecule has 0 fully saturated rings. The van der Waals surface area contributed by atoms with Crippen molar-refractivity contribution in [2.45, 2.75) is 0 Å². The largest absolute Gasteiger partial charge is 0.478 e. The zero-order valence-electron chi connectivity index (χ0n) is 9.88. The predicted molar refractivity (Wildman–Crippen MR) is 75.2 cm³/mol. The Balaban J connectivity index is 2.33. The zero-order chi connectivity index (χ0) is 13.4. The first-order chi connectivity index (χ1) is 9.16. The van der Waals surface area contributed by atoms with Gasteiger partial charge in [-0.2, -0.15) is 0 Å². The number of rotatable bonds is 2. The van der Waals surface area contributed by atoms with E-state index in [2.05, 4.69) is 0 Å². The molecule has 3 rings (SSSR count). The Morgan fingerprint density at radius 2 is 1.89 bits per heavy atom. The number of benzene rings is 2. The van der Waals surface area contributed by atoms with Crippen molar-refractivity contribution < 1.29 is 9.90 Å². The van der Waals surface area contributed by atoms with Crippen LogP contribution >= 0.6 is 11.6 Å². The maximum absolute atomic E-state index is 11.3. The van der Waals surface area contributed by atoms with Crippen LogP contribution in [0.25, 0.3) is 16.6 Å². The van der Waals surface area contributed by atoms with Gasteiger partial charge in [-0.05, 0) is 30.3 Å². The molecule has 0 atom stereocenters. The molecule has 3 aromatic rings. The van der Waals surface area contributed by atoms with E-state index in [1.165, 1.54) is 0 Å². The van der Waals surface area contributed by atoms with E-state index < -0.39 is 5.97 Å². The van der Waals surface area contributed by atoms with Crippen molar-refractivity contribution in [3.05, 3.63) is 65.3 Å². The average Bonchev–Trinajstić information content (AvgIpc) is 2.82. The summed E-state index contributed by atoms with van der Waals surface area (Å²) in [6.45, 7) is 0. The highest BCUT2D eigenvalue weighted by Gasteiger charge is 2.13. The van der Waals surface area contributed by atoms with Gasteiger partial charge >= 0.3 is 5.97 Å². The number of para-hydroxylation sites is 1. The summed E-state index contributed by atoms with van der Waals surface area (Å²) in [5.41, 5.74) is 1.80. The van der Waals surface area contributed by atoms with E-state index >= 15 is 0 Å². The van der Waals surface area contributed by atoms with Crippen LogP contribution < -0.4 is 0 Å². The molecule has 1 heterocycles. The second-order valence-corrected chi connectivity index (χ2v) is 4.65. The third-order valence-corrected chi connectivity index (χ3v) is 3.26. The number of carboxylic acids is 1. The molecule has 0 aliphatic rings. The summed E-state index contributed by atoms with van der Waals surface area (Å²) in [7, 11) is 0. The van der Waals surface area contributed by atoms with Crippen LogP contribution in [0, 0.1) is 0 Å². The Labute approximate surface area is 114 Å². The van der Waals surface area contributed by atoms with E-state index in [1.807, 2.05) is 35.0 Å². The molecule has 3 nitrogen and oxygen atoms in total. The highest BCUT2D eigenvalue weighted by molar-refractivity contribution is 6.30. The fraction of sp³-hybridized carbons (Fsp3) is 0. The second-order valence-electron chi connectivity index (χ2n) is 4.21. The highest BCUT2D eigenvalue weighted by Crippen LogP contribution is 2.25. The van der Waals surface area contributed by atoms with Gasteiger partial charge < -0.3 is 9.67 Å². The Morgan fingerprint density at radius 3 is 2.63 bits per heavy atom. The molecular formula is C15H10ClNO2. The fourth-order valence-corrected chi connectivity index (χ4v) is 2.39. The molecular weight excluding hydrogens is 262 g/mol. The van der Waals surface area contributed by atoms with Gasteiger partial charge in [0, 0.05) is 22.3 Å². The second kappa shape index (κ2) is 4.44. The number of carboxylic acid groups (broad SMARTS) is 1. The maximum Gasteiger partial charge on any atom is 0.337 e. The minimum atomic E-state index is -0.937. The maximum atomic E-state index is 11.3. The van der Waals surface area contributed by atoms with Gasteiger partial charge in [-0.15, -0.1) is 0 Å². The van der Waals surface area contributed by atoms with Gasteiger partial charge in [0.15, 0.2) is 0 Å². The van der Waals surface area contributed by atoms with E-state index in [-0.39, 0.29) is 5.56 Å². The van der Waals surface area contributed by atoms with E-state index in [1.54, 1.807) is 24.3 Å². The molecule has 0 aliphatic carbocycles. The van der Waals surface area contributed by atoms with Crippen LogP contribution in [0.3, 0.4) is 0 Å². The number of aromatic nitrogens is 1. The van der Waals surface area contributed by atoms with Crippen molar-refractivity contribution in [2.75, 3.05) is 0 Å². The first-order valence-corrected chi connectivity index (χ1v) is 6.14. The van der Waals surface area contributed by atoms with Crippen molar-refractivity contribution in [3.63, 3.8) is 0 Å². The first-order valence-electron chi connectivity index (χ1n) is 5.76. The summed E-state index contributed by atoms with van der Waals surface area (Å²) in [5.74, 6) is -0.937. The summed E-state index contributed by atoms with van der Waals surface area (Å²) in [6.07, 6.45) is 1.85. The Bertz CT molecular complexity index is 777. The van der Waals surface area contributed by atoms with Gasteiger partial charge in [-0.25, -0.2) is 4.79 Å². The zero-order valence-corrected chi connectivity index (χ0v) is 10.6. The molecule has 4 heteroatoms. The van der Waals surface area contributed by atoms with Crippen molar-refractivity contribution in [2.24, 2.45) is 0 Å². The molecule has 0 spiro atoms. The number of fused-ring (bicyclic) bond motifs is 1. The quantitative estimate of drug-likeness (QED) is 0.766. The molecule has 2 aromatic carbocycles. The number of halogens is 1. The van der Waals surface area contributed by atoms with Gasteiger partial charge in [-0.1, -0.05) is 29.8 Å². The van der Waals surface area contributed by atoms with Crippen LogP contribution in [0.2, 0.25) is 5.02 Å². The SMILES string of the molecule is O=C(O)c1cccc2ccn(-c3cccc(Cl)c3)c12. The number of nitrogens with zero attached hydrogens (tertiary/aromatic N) is 1. The molecule has 1 aromatic heterocycles. The lowest BCUT2D eigenvalue weighted by Gasteiger charge is -2.08. The van der Waals surface area contributed by atoms with Crippen LogP contribution in [0.4, 0.5) is 0 Å². The van der Waals surface area contributed by atoms with Gasteiger partial charge in [0.25, 0.3) is 0 Å². The molecule has 94 valence electrons. The van der Waals surface area contributed by atoms with Crippen LogP contribution in [-0.2, 0) is 0 Å². The third-order valence-electron chi connectivity index (χ3n) is 3.03. The molecule has 0 amide bonds. The van der Waals surface area contributed by atoms with Crippen LogP contribution in [0.1, 0.15) is 10.4 Å². The monoisotopic (exact) mass is 271 g/mol. The number of hydrogen-bond donors (Lipinski definition) is 1. The van der Waals surface area contributed by atoms with E-state index in [9.17, 15) is 9.90 Å². The van der Waals surface area contributed by atoms with Crippen LogP contribution in [-0.4, -0.2) is 15.6 Å². The Hall–Kier alpha value is -2.26. The summed E-state index contributed by atoms with van der Waals surface area (Å²) in [6, 6.07) is 14.5. The molecule has 0 aliphatic heterocycles. The smallest absolute Gasteiger partial charge is 0.337 e. The lowest BCUT2D eigenvalue weighted by atomic mass is 10.1. The third kappa shape index (κ3) is 1.98. The molecule has 0 bridgehead atoms. The number of aromatic carboxylic acids is 1. The minimum absolute atomic E-state index is 0.280. The molecule has 0 radical (unpaired) electrons. The Morgan fingerprint density at radius 1 is 1.11 bits per heavy atom. The lowest BCUT2D eigenvalue weighted by Crippen LogP contribution is -2.01. The van der Waals surface area contributed by atoms with Crippen LogP contribution in [0.5, 0.6) is 0 Å². The van der Waals surface area contributed by atoms with Gasteiger partial charge in [0.05, 0.1) is 11.1 Å². The van der Waals surface area contributed by atoms with Crippen molar-refractivity contribution in [1.29, 1.82) is 0 Å². The molecule has 0 saturated carbocycles. The standard InChI is InChI=1S/C15H10ClNO2/c16-11-4-2-5-12(9-11)17-8-7-10-3-1-6-13(14(10)17)15(18)19/h1-9H,(H,18,19). The summed E-state index contributed by atoms with van der Waals surface area (Å²) < 4.78 is 1.84. The number of hydrogen-bond acceptors (Lipinski definition) is 1.